The van der Waals surface area contributed by atoms with Crippen molar-refractivity contribution in [2.75, 3.05) is 18.4 Å². The third kappa shape index (κ3) is 2.50. The minimum absolute atomic E-state index is 0.166. The number of hydrogen-bond acceptors (Lipinski definition) is 4. The zero-order chi connectivity index (χ0) is 14.1. The van der Waals surface area contributed by atoms with Crippen molar-refractivity contribution in [3.05, 3.63) is 33.9 Å². The Labute approximate surface area is 119 Å². The molecule has 1 aromatic rings. The van der Waals surface area contributed by atoms with Crippen LogP contribution in [0.3, 0.4) is 0 Å². The van der Waals surface area contributed by atoms with E-state index < -0.39 is 0 Å². The van der Waals surface area contributed by atoms with Crippen LogP contribution in [-0.2, 0) is 0 Å². The van der Waals surface area contributed by atoms with Crippen LogP contribution < -0.4 is 5.32 Å². The van der Waals surface area contributed by atoms with Crippen LogP contribution in [0.1, 0.15) is 31.2 Å². The van der Waals surface area contributed by atoms with Crippen LogP contribution in [0.2, 0.25) is 0 Å². The molecular weight excluding hydrogens is 254 g/mol. The third-order valence-electron chi connectivity index (χ3n) is 4.62. The van der Waals surface area contributed by atoms with Crippen LogP contribution in [-0.4, -0.2) is 35.0 Å². The lowest BCUT2D eigenvalue weighted by molar-refractivity contribution is -0.384. The number of nitro groups is 1. The summed E-state index contributed by atoms with van der Waals surface area (Å²) in [6.45, 7) is 4.33. The second kappa shape index (κ2) is 5.40. The van der Waals surface area contributed by atoms with Gasteiger partial charge in [-0.25, -0.2) is 0 Å². The maximum absolute atomic E-state index is 10.8. The highest BCUT2D eigenvalue weighted by Gasteiger charge is 2.35. The van der Waals surface area contributed by atoms with E-state index in [-0.39, 0.29) is 10.6 Å². The van der Waals surface area contributed by atoms with Crippen molar-refractivity contribution in [1.82, 2.24) is 4.90 Å². The number of hydrogen-bond donors (Lipinski definition) is 1. The van der Waals surface area contributed by atoms with Crippen LogP contribution in [0.15, 0.2) is 18.2 Å². The van der Waals surface area contributed by atoms with E-state index in [9.17, 15) is 10.1 Å². The molecule has 20 heavy (non-hydrogen) atoms. The number of aryl methyl sites for hydroxylation is 1. The van der Waals surface area contributed by atoms with Crippen molar-refractivity contribution in [2.45, 2.75) is 44.7 Å². The fraction of sp³-hybridized carbons (Fsp3) is 0.600. The van der Waals surface area contributed by atoms with E-state index in [4.69, 9.17) is 0 Å². The van der Waals surface area contributed by atoms with Crippen molar-refractivity contribution >= 4 is 11.4 Å². The molecule has 0 saturated carbocycles. The van der Waals surface area contributed by atoms with Gasteiger partial charge in [0.2, 0.25) is 0 Å². The first-order chi connectivity index (χ1) is 9.65. The van der Waals surface area contributed by atoms with Gasteiger partial charge in [0.15, 0.2) is 0 Å². The van der Waals surface area contributed by atoms with E-state index in [1.54, 1.807) is 12.1 Å². The molecule has 1 aromatic carbocycles. The van der Waals surface area contributed by atoms with Crippen molar-refractivity contribution in [2.24, 2.45) is 0 Å². The van der Waals surface area contributed by atoms with E-state index >= 15 is 0 Å². The highest BCUT2D eigenvalue weighted by Crippen LogP contribution is 2.30. The summed E-state index contributed by atoms with van der Waals surface area (Å²) in [6, 6.07) is 6.20. The second-order valence-electron chi connectivity index (χ2n) is 5.89. The molecule has 2 aliphatic rings. The fourth-order valence-corrected chi connectivity index (χ4v) is 3.54. The predicted octanol–water partition coefficient (Wildman–Crippen LogP) is 2.94. The van der Waals surface area contributed by atoms with Gasteiger partial charge in [-0.1, -0.05) is 6.42 Å². The molecule has 2 atom stereocenters. The van der Waals surface area contributed by atoms with Gasteiger partial charge in [0.1, 0.15) is 0 Å². The van der Waals surface area contributed by atoms with Crippen molar-refractivity contribution < 1.29 is 4.92 Å². The van der Waals surface area contributed by atoms with Crippen LogP contribution >= 0.6 is 0 Å². The summed E-state index contributed by atoms with van der Waals surface area (Å²) < 4.78 is 0. The molecule has 0 spiro atoms. The van der Waals surface area contributed by atoms with Crippen LogP contribution in [0.4, 0.5) is 11.4 Å². The first-order valence-corrected chi connectivity index (χ1v) is 7.41. The molecule has 2 heterocycles. The monoisotopic (exact) mass is 275 g/mol. The van der Waals surface area contributed by atoms with Gasteiger partial charge < -0.3 is 5.32 Å². The number of benzene rings is 1. The van der Waals surface area contributed by atoms with Crippen molar-refractivity contribution in [3.63, 3.8) is 0 Å². The zero-order valence-electron chi connectivity index (χ0n) is 11.8. The SMILES string of the molecule is Cc1cc([N+](=O)[O-])ccc1NC1CCN2CCCCC12. The number of nitrogens with one attached hydrogen (secondary N) is 1. The van der Waals surface area contributed by atoms with E-state index in [0.717, 1.165) is 11.3 Å². The fourth-order valence-electron chi connectivity index (χ4n) is 3.54. The van der Waals surface area contributed by atoms with E-state index in [1.807, 2.05) is 13.0 Å². The van der Waals surface area contributed by atoms with E-state index in [0.29, 0.717) is 12.1 Å². The molecule has 0 amide bonds. The minimum Gasteiger partial charge on any atom is -0.380 e. The third-order valence-corrected chi connectivity index (χ3v) is 4.62. The second-order valence-corrected chi connectivity index (χ2v) is 5.89. The molecule has 5 nitrogen and oxygen atoms in total. The topological polar surface area (TPSA) is 58.4 Å². The summed E-state index contributed by atoms with van der Waals surface area (Å²) in [6.07, 6.45) is 5.07. The maximum Gasteiger partial charge on any atom is 0.269 e. The quantitative estimate of drug-likeness (QED) is 0.680. The van der Waals surface area contributed by atoms with Gasteiger partial charge in [0.25, 0.3) is 5.69 Å². The number of nitrogens with zero attached hydrogens (tertiary/aromatic N) is 2. The number of fused-ring (bicyclic) bond motifs is 1. The highest BCUT2D eigenvalue weighted by atomic mass is 16.6. The Morgan fingerprint density at radius 3 is 2.90 bits per heavy atom. The minimum atomic E-state index is -0.338. The average molecular weight is 275 g/mol. The van der Waals surface area contributed by atoms with Crippen LogP contribution in [0.5, 0.6) is 0 Å². The number of anilines is 1. The molecule has 5 heteroatoms. The van der Waals surface area contributed by atoms with E-state index in [1.165, 1.54) is 38.8 Å². The lowest BCUT2D eigenvalue weighted by Crippen LogP contribution is -2.41. The summed E-state index contributed by atoms with van der Waals surface area (Å²) in [5.41, 5.74) is 2.15. The Morgan fingerprint density at radius 1 is 1.30 bits per heavy atom. The molecular formula is C15H21N3O2. The average Bonchev–Trinajstić information content (AvgIpc) is 2.84. The number of nitro benzene ring substituents is 1. The van der Waals surface area contributed by atoms with Gasteiger partial charge in [0, 0.05) is 36.4 Å². The molecule has 2 aliphatic heterocycles. The van der Waals surface area contributed by atoms with Gasteiger partial charge in [-0.3, -0.25) is 15.0 Å². The van der Waals surface area contributed by atoms with Gasteiger partial charge in [-0.2, -0.15) is 0 Å². The van der Waals surface area contributed by atoms with Gasteiger partial charge in [-0.05, 0) is 44.4 Å². The van der Waals surface area contributed by atoms with E-state index in [2.05, 4.69) is 10.2 Å². The smallest absolute Gasteiger partial charge is 0.269 e. The Morgan fingerprint density at radius 2 is 2.15 bits per heavy atom. The summed E-state index contributed by atoms with van der Waals surface area (Å²) in [7, 11) is 0. The van der Waals surface area contributed by atoms with Gasteiger partial charge in [-0.15, -0.1) is 0 Å². The Kier molecular flexibility index (Phi) is 3.61. The van der Waals surface area contributed by atoms with Crippen molar-refractivity contribution in [3.8, 4) is 0 Å². The lowest BCUT2D eigenvalue weighted by atomic mass is 9.98. The standard InChI is InChI=1S/C15H21N3O2/c1-11-10-12(18(19)20)5-6-13(11)16-14-7-9-17-8-3-2-4-15(14)17/h5-6,10,14-16H,2-4,7-9H2,1H3. The first-order valence-electron chi connectivity index (χ1n) is 7.41. The van der Waals surface area contributed by atoms with Crippen LogP contribution in [0, 0.1) is 17.0 Å². The van der Waals surface area contributed by atoms with Crippen molar-refractivity contribution in [1.29, 1.82) is 0 Å². The zero-order valence-corrected chi connectivity index (χ0v) is 11.8. The Bertz CT molecular complexity index is 518. The summed E-state index contributed by atoms with van der Waals surface area (Å²) in [5, 5.41) is 14.4. The predicted molar refractivity (Wildman–Crippen MR) is 79.1 cm³/mol. The molecule has 0 radical (unpaired) electrons. The first kappa shape index (κ1) is 13.4. The summed E-state index contributed by atoms with van der Waals surface area (Å²) >= 11 is 0. The Hall–Kier alpha value is -1.62. The molecule has 1 N–H and O–H groups in total. The Balaban J connectivity index is 1.73. The molecule has 2 unspecified atom stereocenters. The molecule has 2 saturated heterocycles. The number of rotatable bonds is 3. The highest BCUT2D eigenvalue weighted by molar-refractivity contribution is 5.56. The number of non-ortho nitro benzene ring substituents is 1. The van der Waals surface area contributed by atoms with Crippen LogP contribution in [0.25, 0.3) is 0 Å². The van der Waals surface area contributed by atoms with Gasteiger partial charge in [0.05, 0.1) is 4.92 Å². The normalized spacial score (nSPS) is 26.2. The van der Waals surface area contributed by atoms with Gasteiger partial charge >= 0.3 is 0 Å². The summed E-state index contributed by atoms with van der Waals surface area (Å²) in [5.74, 6) is 0. The largest absolute Gasteiger partial charge is 0.380 e. The maximum atomic E-state index is 10.8. The number of piperidine rings is 1. The molecule has 108 valence electrons. The lowest BCUT2D eigenvalue weighted by Gasteiger charge is -2.33. The summed E-state index contributed by atoms with van der Waals surface area (Å²) in [4.78, 5) is 13.0. The molecule has 0 bridgehead atoms. The molecule has 0 aromatic heterocycles. The molecule has 0 aliphatic carbocycles. The molecule has 3 rings (SSSR count). The molecule has 2 fully saturated rings.